The molecule has 0 atom stereocenters. The van der Waals surface area contributed by atoms with E-state index in [-0.39, 0.29) is 17.7 Å². The van der Waals surface area contributed by atoms with E-state index in [0.29, 0.717) is 30.9 Å². The third-order valence-corrected chi connectivity index (χ3v) is 7.53. The smallest absolute Gasteiger partial charge is 0.265 e. The molecule has 34 heavy (non-hydrogen) atoms. The predicted octanol–water partition coefficient (Wildman–Crippen LogP) is 4.99. The van der Waals surface area contributed by atoms with E-state index in [9.17, 15) is 9.59 Å². The zero-order valence-electron chi connectivity index (χ0n) is 20.0. The van der Waals surface area contributed by atoms with Crippen LogP contribution in [-0.2, 0) is 11.3 Å². The molecule has 1 aliphatic heterocycles. The maximum absolute atomic E-state index is 13.2. The Labute approximate surface area is 205 Å². The van der Waals surface area contributed by atoms with Crippen molar-refractivity contribution in [1.29, 1.82) is 0 Å². The predicted molar refractivity (Wildman–Crippen MR) is 135 cm³/mol. The average Bonchev–Trinajstić information content (AvgIpc) is 3.24. The van der Waals surface area contributed by atoms with Crippen molar-refractivity contribution in [2.24, 2.45) is 5.92 Å². The summed E-state index contributed by atoms with van der Waals surface area (Å²) < 4.78 is 5.35. The Hall–Kier alpha value is -3.19. The van der Waals surface area contributed by atoms with Crippen LogP contribution in [0, 0.1) is 19.8 Å². The number of para-hydroxylation sites is 1. The standard InChI is InChI=1S/C27H31N3O3S/c1-18-8-10-21(11-9-18)26-29-19(2)25(34-26)27(32)30-14-12-20(13-15-30)16-24(31)28-17-22-6-4-5-7-23(22)33-3/h4-11,20H,12-17H2,1-3H3,(H,28,31). The number of hydrogen-bond acceptors (Lipinski definition) is 5. The Bertz CT molecular complexity index is 1150. The minimum absolute atomic E-state index is 0.0386. The lowest BCUT2D eigenvalue weighted by Gasteiger charge is -2.31. The molecule has 1 aromatic heterocycles. The van der Waals surface area contributed by atoms with Gasteiger partial charge in [-0.1, -0.05) is 48.0 Å². The lowest BCUT2D eigenvalue weighted by molar-refractivity contribution is -0.122. The van der Waals surface area contributed by atoms with Gasteiger partial charge in [-0.05, 0) is 38.7 Å². The summed E-state index contributed by atoms with van der Waals surface area (Å²) in [5.41, 5.74) is 3.98. The molecule has 0 unspecified atom stereocenters. The van der Waals surface area contributed by atoms with Gasteiger partial charge in [0.1, 0.15) is 15.6 Å². The molecule has 0 aliphatic carbocycles. The second-order valence-electron chi connectivity index (χ2n) is 8.83. The van der Waals surface area contributed by atoms with Crippen LogP contribution in [0.15, 0.2) is 48.5 Å². The van der Waals surface area contributed by atoms with Crippen LogP contribution in [0.4, 0.5) is 0 Å². The van der Waals surface area contributed by atoms with Crippen LogP contribution in [0.5, 0.6) is 5.75 Å². The topological polar surface area (TPSA) is 71.5 Å². The van der Waals surface area contributed by atoms with Crippen molar-refractivity contribution in [2.75, 3.05) is 20.2 Å². The van der Waals surface area contributed by atoms with Gasteiger partial charge < -0.3 is 15.0 Å². The Morgan fingerprint density at radius 3 is 2.50 bits per heavy atom. The normalized spacial score (nSPS) is 14.1. The Morgan fingerprint density at radius 1 is 1.09 bits per heavy atom. The molecule has 0 radical (unpaired) electrons. The van der Waals surface area contributed by atoms with Crippen LogP contribution in [-0.4, -0.2) is 41.9 Å². The Morgan fingerprint density at radius 2 is 1.79 bits per heavy atom. The maximum atomic E-state index is 13.2. The number of carbonyl (C=O) groups excluding carboxylic acids is 2. The fourth-order valence-electron chi connectivity index (χ4n) is 4.28. The van der Waals surface area contributed by atoms with Crippen molar-refractivity contribution >= 4 is 23.2 Å². The lowest BCUT2D eigenvalue weighted by Crippen LogP contribution is -2.39. The molecule has 1 fully saturated rings. The van der Waals surface area contributed by atoms with E-state index in [1.807, 2.05) is 48.2 Å². The first kappa shape index (κ1) is 24.0. The number of nitrogens with zero attached hydrogens (tertiary/aromatic N) is 2. The van der Waals surface area contributed by atoms with Gasteiger partial charge in [-0.3, -0.25) is 9.59 Å². The molecule has 2 heterocycles. The maximum Gasteiger partial charge on any atom is 0.265 e. The third-order valence-electron chi connectivity index (χ3n) is 6.33. The van der Waals surface area contributed by atoms with Crippen LogP contribution < -0.4 is 10.1 Å². The number of aromatic nitrogens is 1. The van der Waals surface area contributed by atoms with E-state index in [1.165, 1.54) is 16.9 Å². The van der Waals surface area contributed by atoms with Gasteiger partial charge in [0.2, 0.25) is 5.91 Å². The average molecular weight is 478 g/mol. The van der Waals surface area contributed by atoms with Crippen LogP contribution in [0.25, 0.3) is 10.6 Å². The van der Waals surface area contributed by atoms with Gasteiger partial charge in [-0.2, -0.15) is 0 Å². The molecule has 178 valence electrons. The summed E-state index contributed by atoms with van der Waals surface area (Å²) in [6.45, 7) is 5.74. The Kier molecular flexibility index (Phi) is 7.63. The van der Waals surface area contributed by atoms with E-state index in [2.05, 4.69) is 29.4 Å². The van der Waals surface area contributed by atoms with Crippen molar-refractivity contribution in [3.05, 3.63) is 70.2 Å². The lowest BCUT2D eigenvalue weighted by atomic mass is 9.93. The highest BCUT2D eigenvalue weighted by Gasteiger charge is 2.27. The van der Waals surface area contributed by atoms with Gasteiger partial charge in [-0.25, -0.2) is 4.98 Å². The van der Waals surface area contributed by atoms with E-state index in [4.69, 9.17) is 4.74 Å². The molecule has 1 aliphatic rings. The van der Waals surface area contributed by atoms with Crippen molar-refractivity contribution in [3.63, 3.8) is 0 Å². The van der Waals surface area contributed by atoms with Crippen LogP contribution in [0.3, 0.4) is 0 Å². The molecule has 0 bridgehead atoms. The van der Waals surface area contributed by atoms with E-state index >= 15 is 0 Å². The first-order chi connectivity index (χ1) is 16.4. The fraction of sp³-hybridized carbons (Fsp3) is 0.370. The van der Waals surface area contributed by atoms with Gasteiger partial charge in [0.25, 0.3) is 5.91 Å². The molecule has 3 aromatic rings. The molecule has 6 nitrogen and oxygen atoms in total. The van der Waals surface area contributed by atoms with E-state index in [0.717, 1.165) is 40.4 Å². The minimum Gasteiger partial charge on any atom is -0.496 e. The van der Waals surface area contributed by atoms with Crippen molar-refractivity contribution in [3.8, 4) is 16.3 Å². The number of amides is 2. The highest BCUT2D eigenvalue weighted by Crippen LogP contribution is 2.30. The summed E-state index contributed by atoms with van der Waals surface area (Å²) in [6.07, 6.45) is 2.14. The Balaban J connectivity index is 1.28. The van der Waals surface area contributed by atoms with Crippen LogP contribution in [0.1, 0.15) is 45.8 Å². The van der Waals surface area contributed by atoms with Crippen molar-refractivity contribution in [1.82, 2.24) is 15.2 Å². The van der Waals surface area contributed by atoms with Crippen molar-refractivity contribution in [2.45, 2.75) is 39.7 Å². The summed E-state index contributed by atoms with van der Waals surface area (Å²) in [6, 6.07) is 15.9. The number of piperidine rings is 1. The summed E-state index contributed by atoms with van der Waals surface area (Å²) in [5.74, 6) is 1.15. The SMILES string of the molecule is COc1ccccc1CNC(=O)CC1CCN(C(=O)c2sc(-c3ccc(C)cc3)nc2C)CC1. The number of thiazole rings is 1. The summed E-state index contributed by atoms with van der Waals surface area (Å²) in [4.78, 5) is 32.9. The first-order valence-corrected chi connectivity index (χ1v) is 12.5. The van der Waals surface area contributed by atoms with Gasteiger partial charge in [0.05, 0.1) is 12.8 Å². The van der Waals surface area contributed by atoms with Crippen molar-refractivity contribution < 1.29 is 14.3 Å². The van der Waals surface area contributed by atoms with Gasteiger partial charge in [0, 0.05) is 37.2 Å². The van der Waals surface area contributed by atoms with Gasteiger partial charge in [-0.15, -0.1) is 11.3 Å². The first-order valence-electron chi connectivity index (χ1n) is 11.7. The second kappa shape index (κ2) is 10.8. The van der Waals surface area contributed by atoms with Crippen LogP contribution >= 0.6 is 11.3 Å². The quantitative estimate of drug-likeness (QED) is 0.520. The number of ether oxygens (including phenoxy) is 1. The summed E-state index contributed by atoms with van der Waals surface area (Å²) in [5, 5.41) is 3.88. The molecular weight excluding hydrogens is 446 g/mol. The van der Waals surface area contributed by atoms with Gasteiger partial charge >= 0.3 is 0 Å². The molecule has 0 saturated carbocycles. The largest absolute Gasteiger partial charge is 0.496 e. The third kappa shape index (κ3) is 5.65. The summed E-state index contributed by atoms with van der Waals surface area (Å²) >= 11 is 1.46. The van der Waals surface area contributed by atoms with Gasteiger partial charge in [0.15, 0.2) is 0 Å². The number of likely N-dealkylation sites (tertiary alicyclic amines) is 1. The molecule has 1 N–H and O–H groups in total. The number of benzene rings is 2. The fourth-order valence-corrected chi connectivity index (χ4v) is 5.32. The van der Waals surface area contributed by atoms with Crippen LogP contribution in [0.2, 0.25) is 0 Å². The highest BCUT2D eigenvalue weighted by atomic mass is 32.1. The molecule has 2 aromatic carbocycles. The number of nitrogens with one attached hydrogen (secondary N) is 1. The van der Waals surface area contributed by atoms with E-state index < -0.39 is 0 Å². The molecule has 7 heteroatoms. The minimum atomic E-state index is 0.0386. The second-order valence-corrected chi connectivity index (χ2v) is 9.83. The molecule has 1 saturated heterocycles. The summed E-state index contributed by atoms with van der Waals surface area (Å²) in [7, 11) is 1.63. The zero-order chi connectivity index (χ0) is 24.1. The van der Waals surface area contributed by atoms with E-state index in [1.54, 1.807) is 7.11 Å². The number of hydrogen-bond donors (Lipinski definition) is 1. The number of methoxy groups -OCH3 is 1. The number of aryl methyl sites for hydroxylation is 2. The number of carbonyl (C=O) groups is 2. The molecule has 0 spiro atoms. The highest BCUT2D eigenvalue weighted by molar-refractivity contribution is 7.17. The molecule has 2 amide bonds. The number of rotatable bonds is 7. The molecular formula is C27H31N3O3S. The monoisotopic (exact) mass is 477 g/mol. The molecule has 4 rings (SSSR count). The zero-order valence-corrected chi connectivity index (χ0v) is 20.8.